The van der Waals surface area contributed by atoms with Gasteiger partial charge in [-0.15, -0.1) is 0 Å². The van der Waals surface area contributed by atoms with E-state index in [1.165, 1.54) is 31.2 Å². The smallest absolute Gasteiger partial charge is 0.119 e. The Balaban J connectivity index is 1.87. The highest BCUT2D eigenvalue weighted by molar-refractivity contribution is 5.27. The largest absolute Gasteiger partial charge is 0.490 e. The van der Waals surface area contributed by atoms with E-state index in [2.05, 4.69) is 38.1 Å². The number of ether oxygens (including phenoxy) is 1. The van der Waals surface area contributed by atoms with E-state index in [1.807, 2.05) is 0 Å². The van der Waals surface area contributed by atoms with Crippen molar-refractivity contribution in [1.82, 2.24) is 0 Å². The summed E-state index contributed by atoms with van der Waals surface area (Å²) in [5.74, 6) is 1.89. The van der Waals surface area contributed by atoms with Gasteiger partial charge in [-0.05, 0) is 42.9 Å². The fraction of sp³-hybridized carbons (Fsp3) is 0.571. The van der Waals surface area contributed by atoms with Crippen LogP contribution >= 0.6 is 0 Å². The molecule has 0 N–H and O–H groups in total. The van der Waals surface area contributed by atoms with Gasteiger partial charge < -0.3 is 4.74 Å². The van der Waals surface area contributed by atoms with Crippen LogP contribution in [0, 0.1) is 5.92 Å². The molecule has 1 aliphatic rings. The van der Waals surface area contributed by atoms with Crippen LogP contribution in [-0.4, -0.2) is 6.10 Å². The molecule has 1 aromatic carbocycles. The summed E-state index contributed by atoms with van der Waals surface area (Å²) in [7, 11) is 0. The van der Waals surface area contributed by atoms with Crippen LogP contribution in [-0.2, 0) is 6.42 Å². The normalized spacial score (nSPS) is 24.7. The summed E-state index contributed by atoms with van der Waals surface area (Å²) in [4.78, 5) is 0. The predicted octanol–water partition coefficient (Wildman–Crippen LogP) is 3.82. The van der Waals surface area contributed by atoms with Gasteiger partial charge in [-0.25, -0.2) is 0 Å². The van der Waals surface area contributed by atoms with Crippen LogP contribution in [0.4, 0.5) is 0 Å². The lowest BCUT2D eigenvalue weighted by Gasteiger charge is -2.32. The van der Waals surface area contributed by atoms with E-state index in [0.29, 0.717) is 6.10 Å². The Morgan fingerprint density at radius 3 is 2.40 bits per heavy atom. The Morgan fingerprint density at radius 1 is 1.20 bits per heavy atom. The molecule has 0 spiro atoms. The Morgan fingerprint density at radius 2 is 1.87 bits per heavy atom. The maximum absolute atomic E-state index is 5.85. The Hall–Kier alpha value is -0.980. The first-order valence-electron chi connectivity index (χ1n) is 6.03. The molecule has 0 aromatic heterocycles. The van der Waals surface area contributed by atoms with E-state index in [4.69, 9.17) is 4.74 Å². The molecule has 1 aromatic rings. The standard InChI is InChI=1S/C14H20O/c1-3-4-12-5-7-13(8-6-12)15-14-9-11(2)10-14/h5-8,11,14H,3-4,9-10H2,1-2H3. The first kappa shape index (κ1) is 10.5. The van der Waals surface area contributed by atoms with Gasteiger partial charge in [-0.3, -0.25) is 0 Å². The van der Waals surface area contributed by atoms with E-state index < -0.39 is 0 Å². The molecule has 1 heteroatoms. The van der Waals surface area contributed by atoms with Crippen LogP contribution in [0.1, 0.15) is 38.7 Å². The van der Waals surface area contributed by atoms with Gasteiger partial charge in [0.2, 0.25) is 0 Å². The molecule has 0 atom stereocenters. The van der Waals surface area contributed by atoms with E-state index in [0.717, 1.165) is 11.7 Å². The van der Waals surface area contributed by atoms with Crippen molar-refractivity contribution in [2.24, 2.45) is 5.92 Å². The molecule has 1 aliphatic carbocycles. The third-order valence-corrected chi connectivity index (χ3v) is 3.10. The number of benzene rings is 1. The Bertz CT molecular complexity index is 296. The molecule has 0 radical (unpaired) electrons. The average molecular weight is 204 g/mol. The molecule has 1 nitrogen and oxygen atoms in total. The molecule has 0 unspecified atom stereocenters. The highest BCUT2D eigenvalue weighted by atomic mass is 16.5. The zero-order chi connectivity index (χ0) is 10.7. The van der Waals surface area contributed by atoms with Crippen LogP contribution in [0.15, 0.2) is 24.3 Å². The van der Waals surface area contributed by atoms with Gasteiger partial charge in [-0.2, -0.15) is 0 Å². The third kappa shape index (κ3) is 2.74. The summed E-state index contributed by atoms with van der Waals surface area (Å²) in [6.07, 6.45) is 5.28. The molecule has 2 rings (SSSR count). The SMILES string of the molecule is CCCc1ccc(OC2CC(C)C2)cc1. The molecule has 0 amide bonds. The van der Waals surface area contributed by atoms with Crippen LogP contribution in [0.25, 0.3) is 0 Å². The lowest BCUT2D eigenvalue weighted by atomic mass is 9.84. The summed E-state index contributed by atoms with van der Waals surface area (Å²) >= 11 is 0. The van der Waals surface area contributed by atoms with Crippen LogP contribution in [0.5, 0.6) is 5.75 Å². The van der Waals surface area contributed by atoms with Crippen molar-refractivity contribution in [1.29, 1.82) is 0 Å². The summed E-state index contributed by atoms with van der Waals surface area (Å²) < 4.78 is 5.85. The molecule has 0 aliphatic heterocycles. The van der Waals surface area contributed by atoms with Gasteiger partial charge in [-0.1, -0.05) is 32.4 Å². The highest BCUT2D eigenvalue weighted by Gasteiger charge is 2.26. The van der Waals surface area contributed by atoms with E-state index in [9.17, 15) is 0 Å². The maximum Gasteiger partial charge on any atom is 0.119 e. The molecule has 0 bridgehead atoms. The molecule has 1 fully saturated rings. The summed E-state index contributed by atoms with van der Waals surface area (Å²) in [5, 5.41) is 0. The van der Waals surface area contributed by atoms with Crippen molar-refractivity contribution < 1.29 is 4.74 Å². The summed E-state index contributed by atoms with van der Waals surface area (Å²) in [5.41, 5.74) is 1.41. The number of hydrogen-bond donors (Lipinski definition) is 0. The van der Waals surface area contributed by atoms with Crippen molar-refractivity contribution in [2.45, 2.75) is 45.6 Å². The van der Waals surface area contributed by atoms with Crippen LogP contribution < -0.4 is 4.74 Å². The van der Waals surface area contributed by atoms with Crippen molar-refractivity contribution in [2.75, 3.05) is 0 Å². The molecule has 82 valence electrons. The Kier molecular flexibility index (Phi) is 3.30. The van der Waals surface area contributed by atoms with Gasteiger partial charge in [0.15, 0.2) is 0 Å². The zero-order valence-corrected chi connectivity index (χ0v) is 9.70. The molecule has 1 saturated carbocycles. The van der Waals surface area contributed by atoms with Gasteiger partial charge in [0, 0.05) is 0 Å². The minimum Gasteiger partial charge on any atom is -0.490 e. The number of hydrogen-bond acceptors (Lipinski definition) is 1. The minimum atomic E-state index is 0.469. The first-order valence-corrected chi connectivity index (χ1v) is 6.03. The quantitative estimate of drug-likeness (QED) is 0.724. The minimum absolute atomic E-state index is 0.469. The molecular weight excluding hydrogens is 184 g/mol. The van der Waals surface area contributed by atoms with Gasteiger partial charge in [0.1, 0.15) is 5.75 Å². The van der Waals surface area contributed by atoms with Crippen LogP contribution in [0.3, 0.4) is 0 Å². The fourth-order valence-corrected chi connectivity index (χ4v) is 2.14. The van der Waals surface area contributed by atoms with Crippen molar-refractivity contribution >= 4 is 0 Å². The topological polar surface area (TPSA) is 9.23 Å². The fourth-order valence-electron chi connectivity index (χ4n) is 2.14. The van der Waals surface area contributed by atoms with Gasteiger partial charge in [0.05, 0.1) is 6.10 Å². The van der Waals surface area contributed by atoms with Crippen molar-refractivity contribution in [3.8, 4) is 5.75 Å². The maximum atomic E-state index is 5.85. The van der Waals surface area contributed by atoms with E-state index >= 15 is 0 Å². The lowest BCUT2D eigenvalue weighted by molar-refractivity contribution is 0.0739. The summed E-state index contributed by atoms with van der Waals surface area (Å²) in [6.45, 7) is 4.49. The molecular formula is C14H20O. The van der Waals surface area contributed by atoms with Gasteiger partial charge in [0.25, 0.3) is 0 Å². The summed E-state index contributed by atoms with van der Waals surface area (Å²) in [6, 6.07) is 8.57. The molecule has 0 heterocycles. The van der Waals surface area contributed by atoms with E-state index in [-0.39, 0.29) is 0 Å². The Labute approximate surface area is 92.5 Å². The van der Waals surface area contributed by atoms with Gasteiger partial charge >= 0.3 is 0 Å². The van der Waals surface area contributed by atoms with Crippen molar-refractivity contribution in [3.05, 3.63) is 29.8 Å². The van der Waals surface area contributed by atoms with Crippen LogP contribution in [0.2, 0.25) is 0 Å². The number of aryl methyl sites for hydroxylation is 1. The number of rotatable bonds is 4. The third-order valence-electron chi connectivity index (χ3n) is 3.10. The lowest BCUT2D eigenvalue weighted by Crippen LogP contribution is -2.31. The first-order chi connectivity index (χ1) is 7.28. The van der Waals surface area contributed by atoms with E-state index in [1.54, 1.807) is 0 Å². The zero-order valence-electron chi connectivity index (χ0n) is 9.70. The average Bonchev–Trinajstić information content (AvgIpc) is 2.19. The van der Waals surface area contributed by atoms with Crippen molar-refractivity contribution in [3.63, 3.8) is 0 Å². The second-order valence-electron chi connectivity index (χ2n) is 4.71. The molecule has 15 heavy (non-hydrogen) atoms. The predicted molar refractivity (Wildman–Crippen MR) is 63.3 cm³/mol. The molecule has 0 saturated heterocycles. The second-order valence-corrected chi connectivity index (χ2v) is 4.71. The highest BCUT2D eigenvalue weighted by Crippen LogP contribution is 2.30. The second kappa shape index (κ2) is 4.69. The monoisotopic (exact) mass is 204 g/mol.